The lowest BCUT2D eigenvalue weighted by Gasteiger charge is -2.33. The van der Waals surface area contributed by atoms with E-state index in [1.54, 1.807) is 36.4 Å². The van der Waals surface area contributed by atoms with Crippen molar-refractivity contribution in [3.05, 3.63) is 59.7 Å². The van der Waals surface area contributed by atoms with Gasteiger partial charge >= 0.3 is 20.8 Å². The molecule has 1 fully saturated rings. The summed E-state index contributed by atoms with van der Waals surface area (Å²) in [7, 11) is -9.33. The summed E-state index contributed by atoms with van der Waals surface area (Å²) in [6.45, 7) is 3.23. The first-order chi connectivity index (χ1) is 19.8. The molecule has 3 atom stereocenters. The highest BCUT2D eigenvalue weighted by Gasteiger charge is 2.38. The van der Waals surface area contributed by atoms with E-state index in [-0.39, 0.29) is 30.4 Å². The van der Waals surface area contributed by atoms with Crippen LogP contribution in [0.25, 0.3) is 0 Å². The molecule has 12 nitrogen and oxygen atoms in total. The van der Waals surface area contributed by atoms with Gasteiger partial charge in [-0.1, -0.05) is 55.8 Å². The van der Waals surface area contributed by atoms with Gasteiger partial charge in [0, 0.05) is 19.5 Å². The van der Waals surface area contributed by atoms with E-state index in [4.69, 9.17) is 14.0 Å². The van der Waals surface area contributed by atoms with Gasteiger partial charge in [0.25, 0.3) is 0 Å². The first kappa shape index (κ1) is 32.6. The Morgan fingerprint density at radius 2 is 1.93 bits per heavy atom. The van der Waals surface area contributed by atoms with E-state index in [2.05, 4.69) is 5.32 Å². The van der Waals surface area contributed by atoms with Crippen LogP contribution < -0.4 is 10.8 Å². The summed E-state index contributed by atoms with van der Waals surface area (Å²) in [4.78, 5) is 32.6. The van der Waals surface area contributed by atoms with Gasteiger partial charge in [-0.2, -0.15) is 4.31 Å². The monoisotopic (exact) mass is 624 g/mol. The zero-order valence-electron chi connectivity index (χ0n) is 23.7. The Labute approximate surface area is 246 Å². The number of fused-ring (bicyclic) bond motifs is 1. The number of nitrogens with zero attached hydrogens (tertiary/aromatic N) is 1. The predicted molar refractivity (Wildman–Crippen MR) is 156 cm³/mol. The number of hydrogen-bond acceptors (Lipinski definition) is 8. The fraction of sp³-hybridized carbons (Fsp3) is 0.519. The van der Waals surface area contributed by atoms with Crippen molar-refractivity contribution < 1.29 is 46.6 Å². The minimum absolute atomic E-state index is 0.000795. The molecule has 4 rings (SSSR count). The Morgan fingerprint density at radius 3 is 2.57 bits per heavy atom. The van der Waals surface area contributed by atoms with Crippen molar-refractivity contribution in [2.45, 2.75) is 62.6 Å². The van der Waals surface area contributed by atoms with Crippen molar-refractivity contribution in [1.82, 2.24) is 9.62 Å². The molecule has 1 saturated heterocycles. The van der Waals surface area contributed by atoms with Crippen LogP contribution in [0.3, 0.4) is 0 Å². The van der Waals surface area contributed by atoms with Gasteiger partial charge in [0.2, 0.25) is 10.0 Å². The number of amides is 1. The molecule has 0 bridgehead atoms. The smallest absolute Gasteiger partial charge is 0.446 e. The van der Waals surface area contributed by atoms with Gasteiger partial charge in [0.1, 0.15) is 12.2 Å². The number of sulfonamides is 1. The van der Waals surface area contributed by atoms with Crippen LogP contribution in [0, 0.1) is 5.92 Å². The van der Waals surface area contributed by atoms with E-state index in [1.165, 1.54) is 12.1 Å². The fourth-order valence-corrected chi connectivity index (χ4v) is 7.49. The van der Waals surface area contributed by atoms with E-state index < -0.39 is 55.6 Å². The van der Waals surface area contributed by atoms with Gasteiger partial charge in [-0.25, -0.2) is 17.8 Å². The summed E-state index contributed by atoms with van der Waals surface area (Å²) in [5.41, 5.74) is 2.14. The summed E-state index contributed by atoms with van der Waals surface area (Å²) < 4.78 is 57.1. The van der Waals surface area contributed by atoms with Gasteiger partial charge in [-0.05, 0) is 48.2 Å². The SMILES string of the molecule is CC(C)CN(C[C@@H](OP(=O)(O)O)[C@H](Cc1ccccc1)NC(=O)O[C@H]1CCOC1)S(=O)(=O)c1ccc2c(c1)CCB2O. The Hall–Kier alpha value is -2.29. The average Bonchev–Trinajstić information content (AvgIpc) is 3.56. The molecule has 2 heterocycles. The highest BCUT2D eigenvalue weighted by atomic mass is 32.2. The van der Waals surface area contributed by atoms with Crippen LogP contribution >= 0.6 is 7.82 Å². The lowest BCUT2D eigenvalue weighted by Crippen LogP contribution is -2.52. The number of rotatable bonds is 13. The molecule has 2 aromatic carbocycles. The maximum absolute atomic E-state index is 14.0. The number of nitrogens with one attached hydrogen (secondary N) is 1. The quantitative estimate of drug-likeness (QED) is 0.190. The molecule has 0 aromatic heterocycles. The number of aryl methyl sites for hydroxylation is 1. The van der Waals surface area contributed by atoms with E-state index >= 15 is 0 Å². The van der Waals surface area contributed by atoms with Crippen LogP contribution in [0.4, 0.5) is 4.79 Å². The third-order valence-electron chi connectivity index (χ3n) is 7.24. The molecule has 1 amide bonds. The van der Waals surface area contributed by atoms with Crippen molar-refractivity contribution in [2.24, 2.45) is 5.92 Å². The van der Waals surface area contributed by atoms with Gasteiger partial charge in [0.15, 0.2) is 0 Å². The van der Waals surface area contributed by atoms with Gasteiger partial charge in [-0.3, -0.25) is 4.52 Å². The van der Waals surface area contributed by atoms with E-state index in [0.29, 0.717) is 31.2 Å². The maximum Gasteiger partial charge on any atom is 0.469 e. The summed E-state index contributed by atoms with van der Waals surface area (Å²) in [6.07, 6.45) is -1.14. The third kappa shape index (κ3) is 8.87. The third-order valence-corrected chi connectivity index (χ3v) is 9.61. The standard InChI is InChI=1S/C27H38BN2O10PS/c1-19(2)16-30(42(36,37)23-8-9-24-21(15-23)10-12-28(24)32)17-26(40-41(33,34)35)25(14-20-6-4-3-5-7-20)29-27(31)39-22-11-13-38-18-22/h3-9,15,19,22,25-26,32H,10-14,16-18H2,1-2H3,(H,29,31)(H2,33,34,35)/t22-,25-,26+/m0/s1. The number of benzene rings is 2. The molecular weight excluding hydrogens is 586 g/mol. The lowest BCUT2D eigenvalue weighted by atomic mass is 9.63. The zero-order chi connectivity index (χ0) is 30.5. The van der Waals surface area contributed by atoms with Crippen molar-refractivity contribution in [2.75, 3.05) is 26.3 Å². The van der Waals surface area contributed by atoms with E-state index in [1.807, 2.05) is 13.8 Å². The highest BCUT2D eigenvalue weighted by molar-refractivity contribution is 7.89. The van der Waals surface area contributed by atoms with Crippen molar-refractivity contribution in [1.29, 1.82) is 0 Å². The average molecular weight is 624 g/mol. The molecule has 0 saturated carbocycles. The van der Waals surface area contributed by atoms with Crippen LogP contribution in [0.2, 0.25) is 6.32 Å². The molecule has 0 aliphatic carbocycles. The second kappa shape index (κ2) is 14.0. The summed E-state index contributed by atoms with van der Waals surface area (Å²) in [5.74, 6) is -0.153. The largest absolute Gasteiger partial charge is 0.469 e. The molecule has 15 heteroatoms. The van der Waals surface area contributed by atoms with Crippen LogP contribution in [-0.4, -0.2) is 85.1 Å². The second-order valence-electron chi connectivity index (χ2n) is 11.1. The number of ether oxygens (including phenoxy) is 2. The number of phosphoric ester groups is 1. The molecule has 2 aromatic rings. The lowest BCUT2D eigenvalue weighted by molar-refractivity contribution is 0.0601. The Balaban J connectivity index is 1.67. The topological polar surface area (TPSA) is 172 Å². The van der Waals surface area contributed by atoms with Crippen molar-refractivity contribution in [3.8, 4) is 0 Å². The van der Waals surface area contributed by atoms with Crippen molar-refractivity contribution in [3.63, 3.8) is 0 Å². The molecule has 4 N–H and O–H groups in total. The number of phosphoric acid groups is 1. The Kier molecular flexibility index (Phi) is 10.9. The van der Waals surface area contributed by atoms with Crippen LogP contribution in [0.1, 0.15) is 31.4 Å². The number of carbonyl (C=O) groups is 1. The Morgan fingerprint density at radius 1 is 1.19 bits per heavy atom. The molecule has 230 valence electrons. The first-order valence-corrected chi connectivity index (χ1v) is 16.9. The van der Waals surface area contributed by atoms with E-state index in [0.717, 1.165) is 15.4 Å². The van der Waals surface area contributed by atoms with Gasteiger partial charge in [-0.15, -0.1) is 0 Å². The number of alkyl carbamates (subject to hydrolysis) is 1. The molecule has 42 heavy (non-hydrogen) atoms. The summed E-state index contributed by atoms with van der Waals surface area (Å²) in [6, 6.07) is 12.4. The van der Waals surface area contributed by atoms with E-state index in [9.17, 15) is 32.6 Å². The minimum Gasteiger partial charge on any atom is -0.446 e. The highest BCUT2D eigenvalue weighted by Crippen LogP contribution is 2.39. The fourth-order valence-electron chi connectivity index (χ4n) is 5.26. The molecular formula is C27H38BN2O10PS. The molecule has 0 radical (unpaired) electrons. The van der Waals surface area contributed by atoms with Crippen LogP contribution in [0.15, 0.2) is 53.4 Å². The second-order valence-corrected chi connectivity index (χ2v) is 14.2. The summed E-state index contributed by atoms with van der Waals surface area (Å²) in [5, 5.41) is 12.8. The predicted octanol–water partition coefficient (Wildman–Crippen LogP) is 1.68. The van der Waals surface area contributed by atoms with Crippen LogP contribution in [0.5, 0.6) is 0 Å². The first-order valence-electron chi connectivity index (χ1n) is 14.0. The van der Waals surface area contributed by atoms with Crippen molar-refractivity contribution >= 4 is 36.3 Å². The molecule has 2 aliphatic rings. The maximum atomic E-state index is 14.0. The zero-order valence-corrected chi connectivity index (χ0v) is 25.4. The van der Waals surface area contributed by atoms with Gasteiger partial charge < -0.3 is 29.6 Å². The summed E-state index contributed by atoms with van der Waals surface area (Å²) >= 11 is 0. The van der Waals surface area contributed by atoms with Gasteiger partial charge in [0.05, 0.1) is 24.2 Å². The molecule has 0 spiro atoms. The number of carbonyl (C=O) groups excluding carboxylic acids is 1. The normalized spacial score (nSPS) is 18.7. The molecule has 2 aliphatic heterocycles. The number of hydrogen-bond donors (Lipinski definition) is 4. The van der Waals surface area contributed by atoms with Crippen LogP contribution in [-0.2, 0) is 41.4 Å². The molecule has 0 unspecified atom stereocenters. The minimum atomic E-state index is -5.15. The Bertz CT molecular complexity index is 1370.